The van der Waals surface area contributed by atoms with Crippen molar-refractivity contribution >= 4 is 0 Å². The second kappa shape index (κ2) is 10.2. The summed E-state index contributed by atoms with van der Waals surface area (Å²) in [4.78, 5) is 0. The van der Waals surface area contributed by atoms with Gasteiger partial charge >= 0.3 is 0 Å². The van der Waals surface area contributed by atoms with E-state index in [0.717, 1.165) is 0 Å². The molecular formula is C19H26N2O6. The van der Waals surface area contributed by atoms with Crippen LogP contribution in [0.2, 0.25) is 0 Å². The van der Waals surface area contributed by atoms with Crippen molar-refractivity contribution in [3.05, 3.63) is 58.7 Å². The Morgan fingerprint density at radius 3 is 1.48 bits per heavy atom. The Hall–Kier alpha value is -2.20. The molecule has 2 aromatic rings. The Morgan fingerprint density at radius 2 is 1.11 bits per heavy atom. The summed E-state index contributed by atoms with van der Waals surface area (Å²) in [5.41, 5.74) is 1.85. The minimum Gasteiger partial charge on any atom is -0.508 e. The normalized spacial score (nSPS) is 13.5. The molecule has 0 spiro atoms. The van der Waals surface area contributed by atoms with Crippen LogP contribution in [-0.4, -0.2) is 50.4 Å². The van der Waals surface area contributed by atoms with Crippen LogP contribution in [0.4, 0.5) is 0 Å². The van der Waals surface area contributed by atoms with E-state index in [2.05, 4.69) is 10.6 Å². The molecule has 2 aromatic carbocycles. The van der Waals surface area contributed by atoms with E-state index >= 15 is 0 Å². The minimum atomic E-state index is -0.813. The van der Waals surface area contributed by atoms with Gasteiger partial charge in [0.25, 0.3) is 0 Å². The quantitative estimate of drug-likeness (QED) is 0.213. The summed E-state index contributed by atoms with van der Waals surface area (Å²) in [6.07, 6.45) is -1.63. The number of aliphatic hydroxyl groups is 4. The number of hydrogen-bond donors (Lipinski definition) is 8. The van der Waals surface area contributed by atoms with Gasteiger partial charge in [-0.3, -0.25) is 0 Å². The zero-order chi connectivity index (χ0) is 19.8. The molecule has 0 radical (unpaired) electrons. The minimum absolute atomic E-state index is 0.0179. The first-order valence-electron chi connectivity index (χ1n) is 8.59. The summed E-state index contributed by atoms with van der Waals surface area (Å²) in [6, 6.07) is 9.11. The lowest BCUT2D eigenvalue weighted by atomic mass is 10.1. The maximum absolute atomic E-state index is 10.2. The third kappa shape index (κ3) is 5.90. The molecule has 27 heavy (non-hydrogen) atoms. The maximum Gasteiger partial charge on any atom is 0.121 e. The fraction of sp³-hybridized carbons (Fsp3) is 0.368. The van der Waals surface area contributed by atoms with Crippen molar-refractivity contribution in [3.8, 4) is 11.5 Å². The fourth-order valence-corrected chi connectivity index (χ4v) is 2.62. The molecule has 2 unspecified atom stereocenters. The van der Waals surface area contributed by atoms with E-state index in [4.69, 9.17) is 10.2 Å². The van der Waals surface area contributed by atoms with Gasteiger partial charge < -0.3 is 41.3 Å². The summed E-state index contributed by atoms with van der Waals surface area (Å²) in [5.74, 6) is -0.0358. The van der Waals surface area contributed by atoms with Crippen molar-refractivity contribution in [2.75, 3.05) is 19.8 Å². The fourth-order valence-electron chi connectivity index (χ4n) is 2.62. The molecule has 0 fully saturated rings. The highest BCUT2D eigenvalue weighted by Gasteiger charge is 2.12. The van der Waals surface area contributed by atoms with Gasteiger partial charge in [0, 0.05) is 30.9 Å². The average molecular weight is 378 g/mol. The molecule has 2 atom stereocenters. The number of benzene rings is 2. The first-order valence-corrected chi connectivity index (χ1v) is 8.59. The van der Waals surface area contributed by atoms with Gasteiger partial charge in [0.05, 0.1) is 25.4 Å². The zero-order valence-corrected chi connectivity index (χ0v) is 14.8. The molecule has 0 aromatic heterocycles. The van der Waals surface area contributed by atoms with E-state index in [9.17, 15) is 20.4 Å². The van der Waals surface area contributed by atoms with E-state index < -0.39 is 12.2 Å². The molecule has 0 heterocycles. The predicted molar refractivity (Wildman–Crippen MR) is 98.9 cm³/mol. The van der Waals surface area contributed by atoms with Crippen LogP contribution >= 0.6 is 0 Å². The molecule has 8 heteroatoms. The van der Waals surface area contributed by atoms with Crippen LogP contribution in [0, 0.1) is 0 Å². The molecule has 148 valence electrons. The Balaban J connectivity index is 1.75. The van der Waals surface area contributed by atoms with Crippen LogP contribution in [0.1, 0.15) is 34.5 Å². The SMILES string of the molecule is OCc1cc(C(O)CNCNCC(O)c2ccc(O)c(CO)c2)ccc1O. The van der Waals surface area contributed by atoms with Crippen LogP contribution in [0.15, 0.2) is 36.4 Å². The van der Waals surface area contributed by atoms with Crippen molar-refractivity contribution in [1.29, 1.82) is 0 Å². The highest BCUT2D eigenvalue weighted by atomic mass is 16.3. The van der Waals surface area contributed by atoms with Gasteiger partial charge in [-0.05, 0) is 35.4 Å². The van der Waals surface area contributed by atoms with E-state index in [1.165, 1.54) is 12.1 Å². The lowest BCUT2D eigenvalue weighted by molar-refractivity contribution is 0.163. The maximum atomic E-state index is 10.2. The number of rotatable bonds is 10. The molecular weight excluding hydrogens is 352 g/mol. The second-order valence-electron chi connectivity index (χ2n) is 6.21. The Kier molecular flexibility index (Phi) is 7.99. The molecule has 0 bridgehead atoms. The van der Waals surface area contributed by atoms with E-state index in [1.54, 1.807) is 24.3 Å². The van der Waals surface area contributed by atoms with Gasteiger partial charge in [-0.15, -0.1) is 0 Å². The number of nitrogens with one attached hydrogen (secondary N) is 2. The summed E-state index contributed by atoms with van der Waals surface area (Å²) in [6.45, 7) is 0.201. The van der Waals surface area contributed by atoms with Crippen LogP contribution in [0.25, 0.3) is 0 Å². The van der Waals surface area contributed by atoms with Crippen molar-refractivity contribution in [3.63, 3.8) is 0 Å². The molecule has 0 saturated heterocycles. The number of phenols is 2. The smallest absolute Gasteiger partial charge is 0.121 e. The van der Waals surface area contributed by atoms with Crippen molar-refractivity contribution in [2.45, 2.75) is 25.4 Å². The standard InChI is InChI=1S/C19H26N2O6/c22-9-14-5-12(1-3-16(14)24)18(26)7-20-11-21-8-19(27)13-2-4-17(25)15(6-13)10-23/h1-6,18-27H,7-11H2. The van der Waals surface area contributed by atoms with Crippen LogP contribution < -0.4 is 10.6 Å². The first kappa shape index (κ1) is 21.1. The van der Waals surface area contributed by atoms with Gasteiger partial charge in [0.15, 0.2) is 0 Å². The summed E-state index contributed by atoms with van der Waals surface area (Å²) in [5, 5.41) is 63.7. The number of aliphatic hydroxyl groups excluding tert-OH is 4. The monoisotopic (exact) mass is 378 g/mol. The topological polar surface area (TPSA) is 145 Å². The largest absolute Gasteiger partial charge is 0.508 e. The van der Waals surface area contributed by atoms with Gasteiger partial charge in [-0.2, -0.15) is 0 Å². The van der Waals surface area contributed by atoms with Gasteiger partial charge in [0.2, 0.25) is 0 Å². The highest BCUT2D eigenvalue weighted by molar-refractivity contribution is 5.37. The summed E-state index contributed by atoms with van der Waals surface area (Å²) in [7, 11) is 0. The number of hydrogen-bond acceptors (Lipinski definition) is 8. The molecule has 0 aliphatic carbocycles. The van der Waals surface area contributed by atoms with Crippen molar-refractivity contribution in [1.82, 2.24) is 10.6 Å². The second-order valence-corrected chi connectivity index (χ2v) is 6.21. The van der Waals surface area contributed by atoms with E-state index in [0.29, 0.717) is 28.9 Å². The first-order chi connectivity index (χ1) is 13.0. The van der Waals surface area contributed by atoms with Crippen LogP contribution in [0.3, 0.4) is 0 Å². The average Bonchev–Trinajstić information content (AvgIpc) is 2.68. The van der Waals surface area contributed by atoms with Crippen molar-refractivity contribution in [2.24, 2.45) is 0 Å². The third-order valence-corrected chi connectivity index (χ3v) is 4.24. The Bertz CT molecular complexity index is 679. The van der Waals surface area contributed by atoms with Gasteiger partial charge in [-0.1, -0.05) is 12.1 Å². The molecule has 0 aliphatic rings. The van der Waals surface area contributed by atoms with Gasteiger partial charge in [0.1, 0.15) is 11.5 Å². The molecule has 8 nitrogen and oxygen atoms in total. The highest BCUT2D eigenvalue weighted by Crippen LogP contribution is 2.23. The van der Waals surface area contributed by atoms with Crippen LogP contribution in [0.5, 0.6) is 11.5 Å². The van der Waals surface area contributed by atoms with Crippen molar-refractivity contribution < 1.29 is 30.6 Å². The molecule has 0 aliphatic heterocycles. The molecule has 8 N–H and O–H groups in total. The lowest BCUT2D eigenvalue weighted by Crippen LogP contribution is -2.34. The van der Waals surface area contributed by atoms with Crippen LogP contribution in [-0.2, 0) is 13.2 Å². The number of aromatic hydroxyl groups is 2. The molecule has 2 rings (SSSR count). The third-order valence-electron chi connectivity index (χ3n) is 4.24. The van der Waals surface area contributed by atoms with E-state index in [1.807, 2.05) is 0 Å². The predicted octanol–water partition coefficient (Wildman–Crippen LogP) is -0.0139. The lowest BCUT2D eigenvalue weighted by Gasteiger charge is -2.16. The van der Waals surface area contributed by atoms with Gasteiger partial charge in [-0.25, -0.2) is 0 Å². The Morgan fingerprint density at radius 1 is 0.704 bits per heavy atom. The Labute approximate surface area is 157 Å². The molecule has 0 saturated carbocycles. The summed E-state index contributed by atoms with van der Waals surface area (Å²) >= 11 is 0. The summed E-state index contributed by atoms with van der Waals surface area (Å²) < 4.78 is 0. The molecule has 0 amide bonds. The zero-order valence-electron chi connectivity index (χ0n) is 14.8. The van der Waals surface area contributed by atoms with E-state index in [-0.39, 0.29) is 37.8 Å².